The summed E-state index contributed by atoms with van der Waals surface area (Å²) >= 11 is 0. The fourth-order valence-corrected chi connectivity index (χ4v) is 3.72. The zero-order valence-corrected chi connectivity index (χ0v) is 15.9. The number of likely N-dealkylation sites (N-methyl/N-ethyl adjacent to an activating group) is 1. The minimum Gasteiger partial charge on any atom is -0.495 e. The molecule has 0 saturated heterocycles. The van der Waals surface area contributed by atoms with Gasteiger partial charge in [0.25, 0.3) is 5.56 Å². The fourth-order valence-electron chi connectivity index (χ4n) is 3.72. The smallest absolute Gasteiger partial charge is 0.266 e. The third-order valence-corrected chi connectivity index (χ3v) is 5.30. The van der Waals surface area contributed by atoms with Crippen molar-refractivity contribution in [1.82, 2.24) is 14.6 Å². The Hall–Kier alpha value is -3.15. The van der Waals surface area contributed by atoms with Gasteiger partial charge < -0.3 is 4.74 Å². The maximum atomic E-state index is 13.6. The van der Waals surface area contributed by atoms with Crippen molar-refractivity contribution in [2.24, 2.45) is 5.10 Å². The summed E-state index contributed by atoms with van der Waals surface area (Å²) in [6.07, 6.45) is 1.91. The van der Waals surface area contributed by atoms with Crippen LogP contribution in [-0.2, 0) is 0 Å². The minimum atomic E-state index is -0.0900. The Morgan fingerprint density at radius 2 is 1.89 bits per heavy atom. The lowest BCUT2D eigenvalue weighted by Gasteiger charge is -2.22. The molecule has 1 aliphatic rings. The number of hydrogen-bond acceptors (Lipinski definition) is 5. The Labute approximate surface area is 157 Å². The van der Waals surface area contributed by atoms with Gasteiger partial charge in [0.15, 0.2) is 0 Å². The minimum absolute atomic E-state index is 0.0435. The van der Waals surface area contributed by atoms with Crippen LogP contribution in [0.3, 0.4) is 0 Å². The summed E-state index contributed by atoms with van der Waals surface area (Å²) in [6.45, 7) is 3.95. The maximum Gasteiger partial charge on any atom is 0.266 e. The second kappa shape index (κ2) is 6.54. The molecule has 6 heteroatoms. The van der Waals surface area contributed by atoms with Crippen LogP contribution in [0.15, 0.2) is 52.4 Å². The van der Waals surface area contributed by atoms with E-state index in [0.29, 0.717) is 28.2 Å². The maximum absolute atomic E-state index is 13.6. The van der Waals surface area contributed by atoms with Crippen LogP contribution in [0.2, 0.25) is 0 Å². The lowest BCUT2D eigenvalue weighted by molar-refractivity contribution is 0.289. The third kappa shape index (κ3) is 2.68. The first-order valence-corrected chi connectivity index (χ1v) is 8.95. The zero-order chi connectivity index (χ0) is 19.1. The van der Waals surface area contributed by atoms with Gasteiger partial charge in [-0.15, -0.1) is 0 Å². The molecule has 0 spiro atoms. The molecule has 138 valence electrons. The number of hydrazone groups is 1. The van der Waals surface area contributed by atoms with Gasteiger partial charge in [0, 0.05) is 19.2 Å². The van der Waals surface area contributed by atoms with E-state index in [1.807, 2.05) is 67.7 Å². The van der Waals surface area contributed by atoms with E-state index in [2.05, 4.69) is 12.0 Å². The largest absolute Gasteiger partial charge is 0.495 e. The first-order valence-electron chi connectivity index (χ1n) is 8.95. The van der Waals surface area contributed by atoms with Gasteiger partial charge in [0.1, 0.15) is 11.6 Å². The predicted octanol–water partition coefficient (Wildman–Crippen LogP) is 3.11. The zero-order valence-electron chi connectivity index (χ0n) is 15.9. The molecular weight excluding hydrogens is 340 g/mol. The molecule has 2 atom stereocenters. The van der Waals surface area contributed by atoms with E-state index in [4.69, 9.17) is 9.72 Å². The van der Waals surface area contributed by atoms with Gasteiger partial charge in [0.05, 0.1) is 29.7 Å². The molecule has 2 aromatic carbocycles. The summed E-state index contributed by atoms with van der Waals surface area (Å²) in [5.74, 6) is 1.30. The van der Waals surface area contributed by atoms with Gasteiger partial charge in [-0.25, -0.2) is 4.98 Å². The summed E-state index contributed by atoms with van der Waals surface area (Å²) in [7, 11) is 3.55. The lowest BCUT2D eigenvalue weighted by atomic mass is 9.91. The quantitative estimate of drug-likeness (QED) is 0.718. The van der Waals surface area contributed by atoms with Gasteiger partial charge in [-0.05, 0) is 37.6 Å². The molecule has 3 aromatic rings. The van der Waals surface area contributed by atoms with Crippen LogP contribution in [0.5, 0.6) is 5.75 Å². The Morgan fingerprint density at radius 3 is 2.59 bits per heavy atom. The molecule has 0 fully saturated rings. The van der Waals surface area contributed by atoms with Crippen molar-refractivity contribution in [3.05, 3.63) is 64.2 Å². The monoisotopic (exact) mass is 362 g/mol. The Kier molecular flexibility index (Phi) is 4.18. The van der Waals surface area contributed by atoms with Crippen molar-refractivity contribution in [3.8, 4) is 11.4 Å². The van der Waals surface area contributed by atoms with Crippen molar-refractivity contribution < 1.29 is 4.74 Å². The van der Waals surface area contributed by atoms with E-state index >= 15 is 0 Å². The number of fused-ring (bicyclic) bond motifs is 1. The van der Waals surface area contributed by atoms with E-state index in [-0.39, 0.29) is 17.5 Å². The van der Waals surface area contributed by atoms with Crippen molar-refractivity contribution in [2.45, 2.75) is 25.8 Å². The van der Waals surface area contributed by atoms with Crippen molar-refractivity contribution in [2.75, 3.05) is 14.2 Å². The summed E-state index contributed by atoms with van der Waals surface area (Å²) < 4.78 is 7.10. The molecule has 2 heterocycles. The average molecular weight is 362 g/mol. The lowest BCUT2D eigenvalue weighted by Crippen LogP contribution is -2.28. The number of aromatic nitrogens is 2. The van der Waals surface area contributed by atoms with Gasteiger partial charge in [-0.3, -0.25) is 14.4 Å². The second-order valence-corrected chi connectivity index (χ2v) is 6.82. The molecule has 0 radical (unpaired) electrons. The molecule has 27 heavy (non-hydrogen) atoms. The van der Waals surface area contributed by atoms with Gasteiger partial charge in [-0.1, -0.05) is 24.3 Å². The highest BCUT2D eigenvalue weighted by Gasteiger charge is 2.28. The average Bonchev–Trinajstić information content (AvgIpc) is 3.00. The number of aryl methyl sites for hydroxylation is 1. The fraction of sp³-hybridized carbons (Fsp3) is 0.286. The van der Waals surface area contributed by atoms with Crippen LogP contribution in [0, 0.1) is 6.92 Å². The molecule has 6 nitrogen and oxygen atoms in total. The standard InChI is InChI=1S/C21H22N4O2/c1-13-16(12-22-24(13)3)15-8-7-9-17-20(15)21(26)25(14(2)23-17)18-10-5-6-11-19(18)27-4/h5-13,16H,1-4H3. The first-order chi connectivity index (χ1) is 13.0. The number of rotatable bonds is 3. The summed E-state index contributed by atoms with van der Waals surface area (Å²) in [5.41, 5.74) is 2.26. The van der Waals surface area contributed by atoms with Crippen molar-refractivity contribution >= 4 is 17.1 Å². The normalized spacial score (nSPS) is 19.0. The van der Waals surface area contributed by atoms with Crippen LogP contribution in [-0.4, -0.2) is 41.0 Å². The van der Waals surface area contributed by atoms with Gasteiger partial charge in [0.2, 0.25) is 0 Å². The Balaban J connectivity index is 2.02. The van der Waals surface area contributed by atoms with Gasteiger partial charge in [-0.2, -0.15) is 5.10 Å². The Bertz CT molecular complexity index is 1100. The molecule has 0 amide bonds. The SMILES string of the molecule is COc1ccccc1-n1c(C)nc2cccc(C3C=NN(C)C3C)c2c1=O. The van der Waals surface area contributed by atoms with Crippen molar-refractivity contribution in [3.63, 3.8) is 0 Å². The number of methoxy groups -OCH3 is 1. The summed E-state index contributed by atoms with van der Waals surface area (Å²) in [5, 5.41) is 6.95. The topological polar surface area (TPSA) is 59.7 Å². The number of nitrogens with zero attached hydrogens (tertiary/aromatic N) is 4. The highest BCUT2D eigenvalue weighted by molar-refractivity contribution is 5.87. The number of ether oxygens (including phenoxy) is 1. The number of hydrogen-bond donors (Lipinski definition) is 0. The summed E-state index contributed by atoms with van der Waals surface area (Å²) in [6, 6.07) is 13.5. The van der Waals surface area contributed by atoms with E-state index in [0.717, 1.165) is 5.56 Å². The highest BCUT2D eigenvalue weighted by Crippen LogP contribution is 2.30. The Morgan fingerprint density at radius 1 is 1.11 bits per heavy atom. The first kappa shape index (κ1) is 17.3. The third-order valence-electron chi connectivity index (χ3n) is 5.30. The van der Waals surface area contributed by atoms with Crippen LogP contribution in [0.4, 0.5) is 0 Å². The molecule has 0 saturated carbocycles. The predicted molar refractivity (Wildman–Crippen MR) is 107 cm³/mol. The molecule has 0 aliphatic carbocycles. The highest BCUT2D eigenvalue weighted by atomic mass is 16.5. The summed E-state index contributed by atoms with van der Waals surface area (Å²) in [4.78, 5) is 18.3. The molecule has 0 bridgehead atoms. The van der Waals surface area contributed by atoms with E-state index in [1.165, 1.54) is 0 Å². The van der Waals surface area contributed by atoms with Gasteiger partial charge >= 0.3 is 0 Å². The van der Waals surface area contributed by atoms with E-state index in [9.17, 15) is 4.79 Å². The molecule has 0 N–H and O–H groups in total. The van der Waals surface area contributed by atoms with E-state index < -0.39 is 0 Å². The molecular formula is C21H22N4O2. The van der Waals surface area contributed by atoms with Crippen LogP contribution < -0.4 is 10.3 Å². The number of para-hydroxylation sites is 2. The van der Waals surface area contributed by atoms with Crippen molar-refractivity contribution in [1.29, 1.82) is 0 Å². The van der Waals surface area contributed by atoms with Crippen LogP contribution in [0.25, 0.3) is 16.6 Å². The van der Waals surface area contributed by atoms with E-state index in [1.54, 1.807) is 11.7 Å². The second-order valence-electron chi connectivity index (χ2n) is 6.82. The molecule has 2 unspecified atom stereocenters. The molecule has 1 aromatic heterocycles. The number of benzene rings is 2. The molecule has 4 rings (SSSR count). The van der Waals surface area contributed by atoms with Crippen LogP contribution in [0.1, 0.15) is 24.2 Å². The molecule has 1 aliphatic heterocycles. The van der Waals surface area contributed by atoms with Crippen LogP contribution >= 0.6 is 0 Å².